The lowest BCUT2D eigenvalue weighted by molar-refractivity contribution is -0.142. The Balaban J connectivity index is 1.78. The smallest absolute Gasteiger partial charge is 0.326 e. The molecule has 4 unspecified atom stereocenters. The number of carboxylic acids is 1. The minimum Gasteiger partial charge on any atom is -0.480 e. The van der Waals surface area contributed by atoms with Gasteiger partial charge in [-0.1, -0.05) is 18.2 Å². The van der Waals surface area contributed by atoms with Gasteiger partial charge in [0.05, 0.1) is 12.9 Å². The Morgan fingerprint density at radius 2 is 1.64 bits per heavy atom. The molecular weight excluding hydrogens is 548 g/mol. The third-order valence-electron chi connectivity index (χ3n) is 6.44. The number of hydrogen-bond acceptors (Lipinski definition) is 8. The molecule has 0 aliphatic heterocycles. The Kier molecular flexibility index (Phi) is 11.4. The lowest BCUT2D eigenvalue weighted by Gasteiger charge is -2.25. The first-order valence-corrected chi connectivity index (χ1v) is 13.2. The van der Waals surface area contributed by atoms with E-state index < -0.39 is 54.5 Å². The van der Waals surface area contributed by atoms with Crippen LogP contribution in [0.4, 0.5) is 0 Å². The van der Waals surface area contributed by atoms with Gasteiger partial charge in [-0.15, -0.1) is 0 Å². The predicted molar refractivity (Wildman–Crippen MR) is 153 cm³/mol. The highest BCUT2D eigenvalue weighted by Gasteiger charge is 2.31. The highest BCUT2D eigenvalue weighted by Crippen LogP contribution is 2.19. The molecule has 2 heterocycles. The number of H-pyrrole nitrogens is 2. The second-order valence-electron chi connectivity index (χ2n) is 9.60. The topological polar surface area (TPSA) is 280 Å². The van der Waals surface area contributed by atoms with Gasteiger partial charge in [-0.05, 0) is 24.5 Å². The average Bonchev–Trinajstić information content (AvgIpc) is 3.63. The number of nitrogens with two attached hydrogens (primary N) is 3. The van der Waals surface area contributed by atoms with E-state index in [1.807, 2.05) is 24.3 Å². The summed E-state index contributed by atoms with van der Waals surface area (Å²) >= 11 is 0. The van der Waals surface area contributed by atoms with Gasteiger partial charge >= 0.3 is 5.97 Å². The van der Waals surface area contributed by atoms with Crippen molar-refractivity contribution < 1.29 is 29.4 Å². The van der Waals surface area contributed by atoms with Crippen molar-refractivity contribution in [3.63, 3.8) is 0 Å². The lowest BCUT2D eigenvalue weighted by Crippen LogP contribution is -2.58. The molecule has 0 radical (unpaired) electrons. The van der Waals surface area contributed by atoms with E-state index in [1.54, 1.807) is 6.20 Å². The van der Waals surface area contributed by atoms with Gasteiger partial charge in [-0.2, -0.15) is 0 Å². The number of aliphatic hydroxyl groups excluding tert-OH is 1. The number of fused-ring (bicyclic) bond motifs is 1. The Labute approximate surface area is 240 Å². The molecule has 2 aromatic heterocycles. The third kappa shape index (κ3) is 9.03. The fourth-order valence-corrected chi connectivity index (χ4v) is 4.22. The van der Waals surface area contributed by atoms with E-state index in [4.69, 9.17) is 17.2 Å². The van der Waals surface area contributed by atoms with E-state index in [0.29, 0.717) is 11.3 Å². The van der Waals surface area contributed by atoms with Crippen molar-refractivity contribution >= 4 is 40.6 Å². The summed E-state index contributed by atoms with van der Waals surface area (Å²) in [6.45, 7) is -0.480. The highest BCUT2D eigenvalue weighted by atomic mass is 16.4. The molecule has 16 nitrogen and oxygen atoms in total. The summed E-state index contributed by atoms with van der Waals surface area (Å²) in [5.74, 6) is -3.68. The standard InChI is InChI=1S/C26H36N10O6/c27-17(12-37)22(38)34-19(6-3-7-31-26(28)29)23(39)35-20(9-15-11-30-13-33-15)24(40)36-21(25(41)42)8-14-10-32-18-5-2-1-4-16(14)18/h1-2,4-5,10-11,13,17,19-21,32,37H,3,6-9,12,27H2,(H,30,33)(H,34,38)(H,35,39)(H,36,40)(H,41,42)(H4,28,29,31). The van der Waals surface area contributed by atoms with Crippen LogP contribution in [0.25, 0.3) is 10.9 Å². The lowest BCUT2D eigenvalue weighted by atomic mass is 10.0. The van der Waals surface area contributed by atoms with Crippen LogP contribution in [0, 0.1) is 0 Å². The Bertz CT molecular complexity index is 1390. The van der Waals surface area contributed by atoms with Gasteiger partial charge in [-0.3, -0.25) is 19.4 Å². The Morgan fingerprint density at radius 1 is 0.952 bits per heavy atom. The number of guanidine groups is 1. The number of para-hydroxylation sites is 1. The Hall–Kier alpha value is -4.96. The molecule has 0 saturated heterocycles. The maximum Gasteiger partial charge on any atom is 0.326 e. The van der Waals surface area contributed by atoms with Crippen molar-refractivity contribution in [1.82, 2.24) is 30.9 Å². The first-order valence-electron chi connectivity index (χ1n) is 13.2. The molecule has 13 N–H and O–H groups in total. The highest BCUT2D eigenvalue weighted by molar-refractivity contribution is 5.94. The summed E-state index contributed by atoms with van der Waals surface area (Å²) in [7, 11) is 0. The average molecular weight is 585 g/mol. The van der Waals surface area contributed by atoms with Gasteiger partial charge < -0.3 is 53.3 Å². The van der Waals surface area contributed by atoms with Crippen molar-refractivity contribution in [2.45, 2.75) is 49.9 Å². The minimum absolute atomic E-state index is 0.0155. The number of aliphatic imine (C=N–C) groups is 1. The molecule has 1 aromatic carbocycles. The number of amides is 3. The van der Waals surface area contributed by atoms with Crippen LogP contribution < -0.4 is 33.2 Å². The number of nitrogens with one attached hydrogen (secondary N) is 5. The quantitative estimate of drug-likeness (QED) is 0.0483. The van der Waals surface area contributed by atoms with Crippen LogP contribution in [0.2, 0.25) is 0 Å². The summed E-state index contributed by atoms with van der Waals surface area (Å²) in [6, 6.07) is 2.36. The maximum absolute atomic E-state index is 13.4. The van der Waals surface area contributed by atoms with Gasteiger partial charge in [0.2, 0.25) is 17.7 Å². The number of hydrogen-bond donors (Lipinski definition) is 10. The largest absolute Gasteiger partial charge is 0.480 e. The van der Waals surface area contributed by atoms with Crippen molar-refractivity contribution in [2.24, 2.45) is 22.2 Å². The van der Waals surface area contributed by atoms with Gasteiger partial charge in [0, 0.05) is 48.4 Å². The molecule has 0 fully saturated rings. The first kappa shape index (κ1) is 31.6. The SMILES string of the molecule is NC(N)=NCCCC(NC(=O)C(N)CO)C(=O)NC(Cc1cnc[nH]1)C(=O)NC(Cc1c[nH]c2ccccc12)C(=O)O. The van der Waals surface area contributed by atoms with Crippen molar-refractivity contribution in [3.05, 3.63) is 54.2 Å². The molecule has 0 bridgehead atoms. The molecule has 3 rings (SSSR count). The number of aromatic nitrogens is 3. The molecular formula is C26H36N10O6. The second kappa shape index (κ2) is 15.2. The van der Waals surface area contributed by atoms with Gasteiger partial charge in [0.1, 0.15) is 24.2 Å². The number of benzene rings is 1. The van der Waals surface area contributed by atoms with Crippen molar-refractivity contribution in [3.8, 4) is 0 Å². The number of carbonyl (C=O) groups excluding carboxylic acids is 3. The van der Waals surface area contributed by atoms with Crippen LogP contribution in [0.3, 0.4) is 0 Å². The van der Waals surface area contributed by atoms with E-state index >= 15 is 0 Å². The predicted octanol–water partition coefficient (Wildman–Crippen LogP) is -2.41. The zero-order valence-electron chi connectivity index (χ0n) is 22.7. The molecule has 0 aliphatic rings. The molecule has 42 heavy (non-hydrogen) atoms. The molecule has 226 valence electrons. The maximum atomic E-state index is 13.4. The molecule has 16 heteroatoms. The van der Waals surface area contributed by atoms with Crippen LogP contribution in [0.5, 0.6) is 0 Å². The van der Waals surface area contributed by atoms with Gasteiger partial charge in [0.15, 0.2) is 5.96 Å². The van der Waals surface area contributed by atoms with Crippen molar-refractivity contribution in [2.75, 3.05) is 13.2 Å². The fraction of sp³-hybridized carbons (Fsp3) is 0.385. The normalized spacial score (nSPS) is 13.9. The minimum atomic E-state index is -1.31. The summed E-state index contributed by atoms with van der Waals surface area (Å²) in [4.78, 5) is 65.0. The molecule has 0 spiro atoms. The number of aliphatic hydroxyl groups is 1. The molecule has 0 saturated carbocycles. The van der Waals surface area contributed by atoms with Gasteiger partial charge in [-0.25, -0.2) is 9.78 Å². The molecule has 3 aromatic rings. The van der Waals surface area contributed by atoms with E-state index in [0.717, 1.165) is 10.9 Å². The number of nitrogens with zero attached hydrogens (tertiary/aromatic N) is 2. The fourth-order valence-electron chi connectivity index (χ4n) is 4.22. The van der Waals surface area contributed by atoms with E-state index in [2.05, 4.69) is 35.9 Å². The number of rotatable bonds is 16. The first-order chi connectivity index (χ1) is 20.1. The van der Waals surface area contributed by atoms with Crippen LogP contribution in [0.1, 0.15) is 24.1 Å². The van der Waals surface area contributed by atoms with Crippen LogP contribution in [0.15, 0.2) is 48.0 Å². The van der Waals surface area contributed by atoms with Crippen LogP contribution in [-0.2, 0) is 32.0 Å². The van der Waals surface area contributed by atoms with Crippen LogP contribution >= 0.6 is 0 Å². The molecule has 3 amide bonds. The van der Waals surface area contributed by atoms with Crippen LogP contribution in [-0.4, -0.2) is 92.1 Å². The molecule has 0 aliphatic carbocycles. The Morgan fingerprint density at radius 3 is 2.31 bits per heavy atom. The van der Waals surface area contributed by atoms with Gasteiger partial charge in [0.25, 0.3) is 0 Å². The summed E-state index contributed by atoms with van der Waals surface area (Å²) in [6.07, 6.45) is 4.83. The summed E-state index contributed by atoms with van der Waals surface area (Å²) in [5.41, 5.74) is 18.3. The number of aromatic amines is 2. The molecule has 4 atom stereocenters. The second-order valence-corrected chi connectivity index (χ2v) is 9.60. The number of carbonyl (C=O) groups is 4. The zero-order chi connectivity index (χ0) is 30.6. The van der Waals surface area contributed by atoms with Crippen molar-refractivity contribution in [1.29, 1.82) is 0 Å². The van der Waals surface area contributed by atoms with E-state index in [-0.39, 0.29) is 38.2 Å². The van der Waals surface area contributed by atoms with E-state index in [9.17, 15) is 29.4 Å². The zero-order valence-corrected chi connectivity index (χ0v) is 22.7. The number of aliphatic carboxylic acids is 1. The van der Waals surface area contributed by atoms with E-state index in [1.165, 1.54) is 12.5 Å². The summed E-state index contributed by atoms with van der Waals surface area (Å²) < 4.78 is 0. The third-order valence-corrected chi connectivity index (χ3v) is 6.44. The number of carboxylic acid groups (broad SMARTS) is 1. The monoisotopic (exact) mass is 584 g/mol. The summed E-state index contributed by atoms with van der Waals surface area (Å²) in [5, 5.41) is 27.5. The number of imidazole rings is 1.